The number of rotatable bonds is 12. The molecule has 0 atom stereocenters. The predicted octanol–water partition coefficient (Wildman–Crippen LogP) is 5.07. The minimum atomic E-state index is -0.418. The van der Waals surface area contributed by atoms with E-state index in [0.717, 1.165) is 30.3 Å². The maximum absolute atomic E-state index is 13.2. The van der Waals surface area contributed by atoms with Crippen LogP contribution in [0.2, 0.25) is 0 Å². The largest absolute Gasteiger partial charge is 0.497 e. The summed E-state index contributed by atoms with van der Waals surface area (Å²) in [6.07, 6.45) is 0.366. The van der Waals surface area contributed by atoms with Gasteiger partial charge in [-0.05, 0) is 43.4 Å². The highest BCUT2D eigenvalue weighted by Gasteiger charge is 2.21. The van der Waals surface area contributed by atoms with E-state index in [1.807, 2.05) is 24.3 Å². The lowest BCUT2D eigenvalue weighted by Crippen LogP contribution is -2.39. The van der Waals surface area contributed by atoms with Gasteiger partial charge in [-0.1, -0.05) is 25.2 Å². The summed E-state index contributed by atoms with van der Waals surface area (Å²) in [6, 6.07) is 12.4. The molecule has 1 heterocycles. The molecule has 0 aliphatic heterocycles. The van der Waals surface area contributed by atoms with Gasteiger partial charge in [-0.2, -0.15) is 0 Å². The second kappa shape index (κ2) is 12.0. The number of fused-ring (bicyclic) bond motifs is 1. The molecular formula is C23H28N4O4S2. The number of amides is 1. The Kier molecular flexibility index (Phi) is 9.04. The number of aromatic nitrogens is 1. The number of nitrogens with zero attached hydrogens (tertiary/aromatic N) is 4. The van der Waals surface area contributed by atoms with Gasteiger partial charge in [0.05, 0.1) is 22.2 Å². The van der Waals surface area contributed by atoms with Crippen molar-refractivity contribution in [3.63, 3.8) is 0 Å². The minimum Gasteiger partial charge on any atom is -0.497 e. The molecule has 1 aromatic heterocycles. The highest BCUT2D eigenvalue weighted by molar-refractivity contribution is 7.99. The van der Waals surface area contributed by atoms with Crippen LogP contribution in [-0.4, -0.2) is 59.8 Å². The average molecular weight is 489 g/mol. The van der Waals surface area contributed by atoms with Gasteiger partial charge in [0.1, 0.15) is 5.75 Å². The molecule has 0 saturated heterocycles. The highest BCUT2D eigenvalue weighted by atomic mass is 32.2. The number of methoxy groups -OCH3 is 1. The van der Waals surface area contributed by atoms with E-state index < -0.39 is 4.92 Å². The van der Waals surface area contributed by atoms with E-state index in [1.165, 1.54) is 23.5 Å². The summed E-state index contributed by atoms with van der Waals surface area (Å²) in [6.45, 7) is 7.25. The number of hydrogen-bond acceptors (Lipinski definition) is 8. The molecule has 3 aromatic rings. The van der Waals surface area contributed by atoms with Crippen LogP contribution >= 0.6 is 23.1 Å². The molecule has 0 bridgehead atoms. The highest BCUT2D eigenvalue weighted by Crippen LogP contribution is 2.32. The Hall–Kier alpha value is -2.69. The number of carbonyl (C=O) groups excluding carboxylic acids is 1. The maximum atomic E-state index is 13.2. The first-order valence-electron chi connectivity index (χ1n) is 10.8. The molecule has 8 nitrogen and oxygen atoms in total. The number of carbonyl (C=O) groups is 1. The Balaban J connectivity index is 1.74. The maximum Gasteiger partial charge on any atom is 0.270 e. The van der Waals surface area contributed by atoms with Crippen molar-refractivity contribution in [2.75, 3.05) is 43.9 Å². The Morgan fingerprint density at radius 1 is 1.15 bits per heavy atom. The van der Waals surface area contributed by atoms with Crippen molar-refractivity contribution < 1.29 is 14.5 Å². The van der Waals surface area contributed by atoms with Crippen molar-refractivity contribution in [2.45, 2.75) is 25.2 Å². The number of nitro benzene ring substituents is 1. The van der Waals surface area contributed by atoms with Crippen molar-refractivity contribution in [2.24, 2.45) is 0 Å². The summed E-state index contributed by atoms with van der Waals surface area (Å²) in [5.74, 6) is 1.44. The van der Waals surface area contributed by atoms with Crippen LogP contribution in [0.4, 0.5) is 10.8 Å². The van der Waals surface area contributed by atoms with Crippen molar-refractivity contribution in [3.05, 3.63) is 52.6 Å². The Morgan fingerprint density at radius 2 is 1.88 bits per heavy atom. The van der Waals surface area contributed by atoms with E-state index in [0.29, 0.717) is 34.1 Å². The SMILES string of the molecule is CCN(CC)CCN(C(=O)CCSc1ccc(OC)cc1)c1nc2ccc([N+](=O)[O-])cc2s1. The number of likely N-dealkylation sites (N-methyl/N-ethyl adjacent to an activating group) is 1. The third kappa shape index (κ3) is 6.66. The molecule has 0 unspecified atom stereocenters. The third-order valence-electron chi connectivity index (χ3n) is 5.28. The standard InChI is InChI=1S/C23H28N4O4S2/c1-4-25(5-2)13-14-26(22(28)12-15-32-19-9-7-18(31-3)8-10-19)23-24-20-11-6-17(27(29)30)16-21(20)33-23/h6-11,16H,4-5,12-15H2,1-3H3. The summed E-state index contributed by atoms with van der Waals surface area (Å²) in [5, 5.41) is 11.7. The minimum absolute atomic E-state index is 0.00303. The third-order valence-corrected chi connectivity index (χ3v) is 7.34. The number of thioether (sulfide) groups is 1. The number of non-ortho nitro benzene ring substituents is 1. The van der Waals surface area contributed by atoms with Crippen LogP contribution in [-0.2, 0) is 4.79 Å². The Bertz CT molecular complexity index is 1080. The zero-order chi connectivity index (χ0) is 23.8. The predicted molar refractivity (Wildman–Crippen MR) is 135 cm³/mol. The molecular weight excluding hydrogens is 460 g/mol. The van der Waals surface area contributed by atoms with Gasteiger partial charge >= 0.3 is 0 Å². The number of benzene rings is 2. The first-order chi connectivity index (χ1) is 15.9. The molecule has 33 heavy (non-hydrogen) atoms. The Morgan fingerprint density at radius 3 is 2.52 bits per heavy atom. The molecule has 0 fully saturated rings. The summed E-state index contributed by atoms with van der Waals surface area (Å²) >= 11 is 2.94. The second-order valence-corrected chi connectivity index (χ2v) is 9.43. The smallest absolute Gasteiger partial charge is 0.270 e. The normalized spacial score (nSPS) is 11.2. The van der Waals surface area contributed by atoms with Crippen LogP contribution < -0.4 is 9.64 Å². The number of ether oxygens (including phenoxy) is 1. The molecule has 2 aromatic carbocycles. The van der Waals surface area contributed by atoms with Crippen molar-refractivity contribution in [1.29, 1.82) is 0 Å². The van der Waals surface area contributed by atoms with Crippen molar-refractivity contribution in [3.8, 4) is 5.75 Å². The van der Waals surface area contributed by atoms with Gasteiger partial charge in [-0.15, -0.1) is 11.8 Å². The molecule has 0 N–H and O–H groups in total. The number of nitro groups is 1. The monoisotopic (exact) mass is 488 g/mol. The summed E-state index contributed by atoms with van der Waals surface area (Å²) in [4.78, 5) is 33.6. The number of anilines is 1. The second-order valence-electron chi connectivity index (χ2n) is 7.25. The van der Waals surface area contributed by atoms with Crippen LogP contribution in [0.1, 0.15) is 20.3 Å². The van der Waals surface area contributed by atoms with Crippen LogP contribution in [0, 0.1) is 10.1 Å². The van der Waals surface area contributed by atoms with Crippen molar-refractivity contribution in [1.82, 2.24) is 9.88 Å². The molecule has 0 aliphatic carbocycles. The van der Waals surface area contributed by atoms with Crippen LogP contribution in [0.15, 0.2) is 47.4 Å². The average Bonchev–Trinajstić information content (AvgIpc) is 3.25. The lowest BCUT2D eigenvalue weighted by atomic mass is 10.3. The molecule has 0 aliphatic rings. The Labute approximate surface area is 201 Å². The van der Waals surface area contributed by atoms with Crippen LogP contribution in [0.3, 0.4) is 0 Å². The van der Waals surface area contributed by atoms with Crippen LogP contribution in [0.25, 0.3) is 10.2 Å². The van der Waals surface area contributed by atoms with E-state index in [-0.39, 0.29) is 11.6 Å². The van der Waals surface area contributed by atoms with Gasteiger partial charge in [0.25, 0.3) is 5.69 Å². The van der Waals surface area contributed by atoms with Gasteiger partial charge in [0.2, 0.25) is 5.91 Å². The number of thiazole rings is 1. The quantitative estimate of drug-likeness (QED) is 0.200. The van der Waals surface area contributed by atoms with E-state index in [2.05, 4.69) is 23.7 Å². The van der Waals surface area contributed by atoms with Gasteiger partial charge < -0.3 is 9.64 Å². The zero-order valence-corrected chi connectivity index (χ0v) is 20.7. The molecule has 3 rings (SSSR count). The van der Waals surface area contributed by atoms with E-state index in [9.17, 15) is 14.9 Å². The fourth-order valence-electron chi connectivity index (χ4n) is 3.30. The summed E-state index contributed by atoms with van der Waals surface area (Å²) < 4.78 is 5.89. The molecule has 1 amide bonds. The van der Waals surface area contributed by atoms with Gasteiger partial charge in [-0.3, -0.25) is 19.8 Å². The first kappa shape index (κ1) is 24.9. The van der Waals surface area contributed by atoms with Crippen LogP contribution in [0.5, 0.6) is 5.75 Å². The van der Waals surface area contributed by atoms with Gasteiger partial charge in [-0.25, -0.2) is 4.98 Å². The fraction of sp³-hybridized carbons (Fsp3) is 0.391. The molecule has 0 radical (unpaired) electrons. The van der Waals surface area contributed by atoms with Gasteiger partial charge in [0.15, 0.2) is 5.13 Å². The topological polar surface area (TPSA) is 88.8 Å². The zero-order valence-electron chi connectivity index (χ0n) is 19.0. The molecule has 0 spiro atoms. The summed E-state index contributed by atoms with van der Waals surface area (Å²) in [5.41, 5.74) is 0.684. The molecule has 176 valence electrons. The molecule has 0 saturated carbocycles. The van der Waals surface area contributed by atoms with E-state index >= 15 is 0 Å². The van der Waals surface area contributed by atoms with Gasteiger partial charge in [0, 0.05) is 42.3 Å². The fourth-order valence-corrected chi connectivity index (χ4v) is 5.18. The van der Waals surface area contributed by atoms with E-state index in [4.69, 9.17) is 4.74 Å². The van der Waals surface area contributed by atoms with Crippen molar-refractivity contribution >= 4 is 50.0 Å². The van der Waals surface area contributed by atoms with E-state index in [1.54, 1.807) is 29.8 Å². The lowest BCUT2D eigenvalue weighted by Gasteiger charge is -2.24. The molecule has 10 heteroatoms. The first-order valence-corrected chi connectivity index (χ1v) is 12.6. The summed E-state index contributed by atoms with van der Waals surface area (Å²) in [7, 11) is 1.63. The number of hydrogen-bond donors (Lipinski definition) is 0. The lowest BCUT2D eigenvalue weighted by molar-refractivity contribution is -0.384.